The molecule has 0 aromatic carbocycles. The summed E-state index contributed by atoms with van der Waals surface area (Å²) in [5.41, 5.74) is 5.69. The third-order valence-corrected chi connectivity index (χ3v) is 2.64. The Bertz CT molecular complexity index is 351. The van der Waals surface area contributed by atoms with Crippen LogP contribution in [-0.2, 0) is 4.74 Å². The molecule has 3 N–H and O–H groups in total. The van der Waals surface area contributed by atoms with Crippen LogP contribution in [0.15, 0.2) is 11.2 Å². The van der Waals surface area contributed by atoms with Gasteiger partial charge in [-0.2, -0.15) is 0 Å². The zero-order chi connectivity index (χ0) is 12.7. The predicted octanol–water partition coefficient (Wildman–Crippen LogP) is 0.226. The molecule has 0 atom stereocenters. The Morgan fingerprint density at radius 1 is 1.47 bits per heavy atom. The van der Waals surface area contributed by atoms with E-state index in [1.54, 1.807) is 6.07 Å². The highest BCUT2D eigenvalue weighted by molar-refractivity contribution is 7.98. The topological polar surface area (TPSA) is 84.5 Å². The van der Waals surface area contributed by atoms with Gasteiger partial charge in [0.05, 0.1) is 19.8 Å². The summed E-state index contributed by atoms with van der Waals surface area (Å²) in [5, 5.41) is 9.23. The molecule has 7 heteroatoms. The molecular formula is C10H18N4O2S. The van der Waals surface area contributed by atoms with Crippen LogP contribution in [0.3, 0.4) is 0 Å². The molecule has 0 fully saturated rings. The number of aromatic nitrogens is 2. The van der Waals surface area contributed by atoms with Crippen molar-refractivity contribution in [2.75, 3.05) is 50.3 Å². The SMILES string of the molecule is CSc1nc(N)cc(N(C)CCOCCO)n1. The maximum absolute atomic E-state index is 8.57. The molecule has 0 amide bonds. The Balaban J connectivity index is 2.55. The molecule has 1 aromatic heterocycles. The first-order chi connectivity index (χ1) is 8.17. The number of thioether (sulfide) groups is 1. The standard InChI is InChI=1S/C10H18N4O2S/c1-14(3-5-16-6-4-15)9-7-8(11)12-10(13-9)17-2/h7,15H,3-6H2,1-2H3,(H2,11,12,13). The number of hydrogen-bond donors (Lipinski definition) is 2. The highest BCUT2D eigenvalue weighted by Crippen LogP contribution is 2.17. The van der Waals surface area contributed by atoms with E-state index in [-0.39, 0.29) is 6.61 Å². The Hall–Kier alpha value is -1.05. The van der Waals surface area contributed by atoms with Crippen molar-refractivity contribution in [1.29, 1.82) is 0 Å². The average Bonchev–Trinajstić information content (AvgIpc) is 2.33. The summed E-state index contributed by atoms with van der Waals surface area (Å²) in [6, 6.07) is 1.73. The molecule has 1 rings (SSSR count). The second-order valence-electron chi connectivity index (χ2n) is 3.40. The molecule has 0 bridgehead atoms. The molecule has 0 aliphatic heterocycles. The van der Waals surface area contributed by atoms with Crippen molar-refractivity contribution in [3.63, 3.8) is 0 Å². The van der Waals surface area contributed by atoms with Crippen LogP contribution in [0, 0.1) is 0 Å². The average molecular weight is 258 g/mol. The fourth-order valence-corrected chi connectivity index (χ4v) is 1.58. The van der Waals surface area contributed by atoms with E-state index in [4.69, 9.17) is 15.6 Å². The van der Waals surface area contributed by atoms with E-state index >= 15 is 0 Å². The molecule has 0 aliphatic carbocycles. The van der Waals surface area contributed by atoms with Crippen LogP contribution >= 0.6 is 11.8 Å². The van der Waals surface area contributed by atoms with Crippen LogP contribution in [0.4, 0.5) is 11.6 Å². The summed E-state index contributed by atoms with van der Waals surface area (Å²) in [5.74, 6) is 1.23. The number of aliphatic hydroxyl groups is 1. The molecule has 1 heterocycles. The number of hydrogen-bond acceptors (Lipinski definition) is 7. The molecule has 0 saturated carbocycles. The number of aliphatic hydroxyl groups excluding tert-OH is 1. The summed E-state index contributed by atoms with van der Waals surface area (Å²) < 4.78 is 5.19. The van der Waals surface area contributed by atoms with E-state index in [1.165, 1.54) is 11.8 Å². The summed E-state index contributed by atoms with van der Waals surface area (Å²) in [6.45, 7) is 1.62. The molecule has 96 valence electrons. The molecule has 6 nitrogen and oxygen atoms in total. The largest absolute Gasteiger partial charge is 0.394 e. The number of nitrogens with zero attached hydrogens (tertiary/aromatic N) is 3. The minimum absolute atomic E-state index is 0.0425. The van der Waals surface area contributed by atoms with Crippen LogP contribution in [-0.4, -0.2) is 54.7 Å². The first kappa shape index (κ1) is 14.0. The van der Waals surface area contributed by atoms with Crippen molar-refractivity contribution in [2.24, 2.45) is 0 Å². The van der Waals surface area contributed by atoms with Gasteiger partial charge >= 0.3 is 0 Å². The lowest BCUT2D eigenvalue weighted by Gasteiger charge is -2.18. The van der Waals surface area contributed by atoms with Gasteiger partial charge in [0.1, 0.15) is 11.6 Å². The van der Waals surface area contributed by atoms with E-state index in [9.17, 15) is 0 Å². The summed E-state index contributed by atoms with van der Waals surface area (Å²) in [6.07, 6.45) is 1.91. The molecule has 1 aromatic rings. The van der Waals surface area contributed by atoms with Crippen LogP contribution < -0.4 is 10.6 Å². The molecular weight excluding hydrogens is 240 g/mol. The van der Waals surface area contributed by atoms with Crippen LogP contribution in [0.2, 0.25) is 0 Å². The molecule has 0 radical (unpaired) electrons. The Labute approximate surface area is 105 Å². The normalized spacial score (nSPS) is 10.5. The minimum Gasteiger partial charge on any atom is -0.394 e. The first-order valence-electron chi connectivity index (χ1n) is 5.25. The van der Waals surface area contributed by atoms with E-state index in [1.807, 2.05) is 18.2 Å². The number of anilines is 2. The van der Waals surface area contributed by atoms with Crippen molar-refractivity contribution < 1.29 is 9.84 Å². The highest BCUT2D eigenvalue weighted by Gasteiger charge is 2.06. The monoisotopic (exact) mass is 258 g/mol. The summed E-state index contributed by atoms with van der Waals surface area (Å²) in [7, 11) is 1.91. The fourth-order valence-electron chi connectivity index (χ4n) is 1.20. The molecule has 17 heavy (non-hydrogen) atoms. The second kappa shape index (κ2) is 7.31. The summed E-state index contributed by atoms with van der Waals surface area (Å²) in [4.78, 5) is 10.4. The molecule has 0 spiro atoms. The van der Waals surface area contributed by atoms with Gasteiger partial charge in [-0.3, -0.25) is 0 Å². The van der Waals surface area contributed by atoms with Gasteiger partial charge in [-0.1, -0.05) is 11.8 Å². The maximum Gasteiger partial charge on any atom is 0.191 e. The van der Waals surface area contributed by atoms with Crippen molar-refractivity contribution in [1.82, 2.24) is 9.97 Å². The number of nitrogen functional groups attached to an aromatic ring is 1. The third kappa shape index (κ3) is 4.76. The zero-order valence-electron chi connectivity index (χ0n) is 10.1. The first-order valence-corrected chi connectivity index (χ1v) is 6.48. The van der Waals surface area contributed by atoms with Gasteiger partial charge in [-0.25, -0.2) is 9.97 Å². The summed E-state index contributed by atoms with van der Waals surface area (Å²) >= 11 is 1.45. The third-order valence-electron chi connectivity index (χ3n) is 2.09. The van der Waals surface area contributed by atoms with E-state index in [0.717, 1.165) is 5.82 Å². The fraction of sp³-hybridized carbons (Fsp3) is 0.600. The van der Waals surface area contributed by atoms with E-state index < -0.39 is 0 Å². The van der Waals surface area contributed by atoms with Crippen LogP contribution in [0.5, 0.6) is 0 Å². The van der Waals surface area contributed by atoms with Gasteiger partial charge in [-0.15, -0.1) is 0 Å². The van der Waals surface area contributed by atoms with Gasteiger partial charge in [0.15, 0.2) is 5.16 Å². The molecule has 0 aliphatic rings. The van der Waals surface area contributed by atoms with Gasteiger partial charge < -0.3 is 20.5 Å². The van der Waals surface area contributed by atoms with Crippen LogP contribution in [0.1, 0.15) is 0 Å². The van der Waals surface area contributed by atoms with Crippen molar-refractivity contribution in [3.05, 3.63) is 6.07 Å². The van der Waals surface area contributed by atoms with Crippen LogP contribution in [0.25, 0.3) is 0 Å². The zero-order valence-corrected chi connectivity index (χ0v) is 10.9. The van der Waals surface area contributed by atoms with E-state index in [0.29, 0.717) is 30.7 Å². The van der Waals surface area contributed by atoms with Gasteiger partial charge in [0.25, 0.3) is 0 Å². The lowest BCUT2D eigenvalue weighted by atomic mass is 10.4. The second-order valence-corrected chi connectivity index (χ2v) is 4.17. The Kier molecular flexibility index (Phi) is 6.03. The molecule has 0 saturated heterocycles. The minimum atomic E-state index is 0.0425. The lowest BCUT2D eigenvalue weighted by molar-refractivity contribution is 0.0970. The number of rotatable bonds is 7. The smallest absolute Gasteiger partial charge is 0.191 e. The number of nitrogens with two attached hydrogens (primary N) is 1. The predicted molar refractivity (Wildman–Crippen MR) is 69.4 cm³/mol. The maximum atomic E-state index is 8.57. The number of ether oxygens (including phenoxy) is 1. The number of likely N-dealkylation sites (N-methyl/N-ethyl adjacent to an activating group) is 1. The lowest BCUT2D eigenvalue weighted by Crippen LogP contribution is -2.24. The van der Waals surface area contributed by atoms with Crippen molar-refractivity contribution in [2.45, 2.75) is 5.16 Å². The highest BCUT2D eigenvalue weighted by atomic mass is 32.2. The van der Waals surface area contributed by atoms with Gasteiger partial charge in [-0.05, 0) is 6.26 Å². The van der Waals surface area contributed by atoms with Gasteiger partial charge in [0, 0.05) is 19.7 Å². The van der Waals surface area contributed by atoms with E-state index in [2.05, 4.69) is 9.97 Å². The Morgan fingerprint density at radius 3 is 2.88 bits per heavy atom. The molecule has 0 unspecified atom stereocenters. The van der Waals surface area contributed by atoms with Gasteiger partial charge in [0.2, 0.25) is 0 Å². The van der Waals surface area contributed by atoms with Crippen molar-refractivity contribution in [3.8, 4) is 0 Å². The quantitative estimate of drug-likeness (QED) is 0.411. The Morgan fingerprint density at radius 2 is 2.24 bits per heavy atom. The van der Waals surface area contributed by atoms with Crippen molar-refractivity contribution >= 4 is 23.4 Å².